The van der Waals surface area contributed by atoms with E-state index < -0.39 is 11.5 Å². The molecule has 0 aromatic carbocycles. The van der Waals surface area contributed by atoms with Crippen LogP contribution in [0.3, 0.4) is 0 Å². The Morgan fingerprint density at radius 2 is 2.00 bits per heavy atom. The van der Waals surface area contributed by atoms with Crippen LogP contribution in [0.25, 0.3) is 0 Å². The average Bonchev–Trinajstić information content (AvgIpc) is 2.86. The van der Waals surface area contributed by atoms with Gasteiger partial charge in [0.1, 0.15) is 5.54 Å². The number of rotatable bonds is 2. The molecule has 20 heavy (non-hydrogen) atoms. The molecule has 6 heteroatoms. The molecule has 0 saturated carbocycles. The van der Waals surface area contributed by atoms with E-state index >= 15 is 0 Å². The minimum atomic E-state index is -0.996. The molecular weight excluding hydrogens is 258 g/mol. The van der Waals surface area contributed by atoms with Crippen molar-refractivity contribution in [1.82, 2.24) is 14.7 Å². The van der Waals surface area contributed by atoms with Gasteiger partial charge < -0.3 is 19.8 Å². The van der Waals surface area contributed by atoms with E-state index in [-0.39, 0.29) is 6.03 Å². The molecule has 2 unspecified atom stereocenters. The van der Waals surface area contributed by atoms with Gasteiger partial charge in [0, 0.05) is 32.2 Å². The van der Waals surface area contributed by atoms with Crippen molar-refractivity contribution in [2.45, 2.75) is 44.7 Å². The number of hydrogen-bond acceptors (Lipinski definition) is 3. The van der Waals surface area contributed by atoms with Crippen LogP contribution in [-0.4, -0.2) is 76.6 Å². The second-order valence-electron chi connectivity index (χ2n) is 6.00. The Morgan fingerprint density at radius 1 is 1.30 bits per heavy atom. The Hall–Kier alpha value is -1.30. The van der Waals surface area contributed by atoms with Crippen LogP contribution < -0.4 is 0 Å². The maximum atomic E-state index is 12.7. The molecular formula is C14H25N3O3. The molecule has 114 valence electrons. The van der Waals surface area contributed by atoms with E-state index in [2.05, 4.69) is 18.9 Å². The molecule has 0 aromatic heterocycles. The van der Waals surface area contributed by atoms with Crippen molar-refractivity contribution >= 4 is 12.0 Å². The van der Waals surface area contributed by atoms with E-state index in [0.29, 0.717) is 38.5 Å². The summed E-state index contributed by atoms with van der Waals surface area (Å²) in [7, 11) is 2.05. The Morgan fingerprint density at radius 3 is 2.55 bits per heavy atom. The Kier molecular flexibility index (Phi) is 4.22. The second-order valence-corrected chi connectivity index (χ2v) is 6.00. The summed E-state index contributed by atoms with van der Waals surface area (Å²) in [5.74, 6) is -0.868. The lowest BCUT2D eigenvalue weighted by atomic mass is 9.93. The SMILES string of the molecule is CCC1(C(=O)O)CCCN1C(=O)N1CCN(C)C(C)C1. The quantitative estimate of drug-likeness (QED) is 0.823. The number of hydrogen-bond donors (Lipinski definition) is 1. The first-order valence-corrected chi connectivity index (χ1v) is 7.42. The predicted molar refractivity (Wildman–Crippen MR) is 75.7 cm³/mol. The fourth-order valence-electron chi connectivity index (χ4n) is 3.29. The Balaban J connectivity index is 2.14. The number of nitrogens with zero attached hydrogens (tertiary/aromatic N) is 3. The first-order chi connectivity index (χ1) is 9.42. The molecule has 0 spiro atoms. The summed E-state index contributed by atoms with van der Waals surface area (Å²) in [4.78, 5) is 30.0. The maximum absolute atomic E-state index is 12.7. The molecule has 0 radical (unpaired) electrons. The van der Waals surface area contributed by atoms with Gasteiger partial charge in [0.25, 0.3) is 0 Å². The van der Waals surface area contributed by atoms with Gasteiger partial charge in [0.2, 0.25) is 0 Å². The Labute approximate surface area is 120 Å². The number of carboxylic acid groups (broad SMARTS) is 1. The van der Waals surface area contributed by atoms with E-state index in [4.69, 9.17) is 0 Å². The number of likely N-dealkylation sites (tertiary alicyclic amines) is 1. The zero-order valence-electron chi connectivity index (χ0n) is 12.6. The molecule has 2 rings (SSSR count). The van der Waals surface area contributed by atoms with Crippen LogP contribution in [0.2, 0.25) is 0 Å². The summed E-state index contributed by atoms with van der Waals surface area (Å²) < 4.78 is 0. The molecule has 0 bridgehead atoms. The molecule has 0 aromatic rings. The third kappa shape index (κ3) is 2.37. The third-order valence-corrected chi connectivity index (χ3v) is 4.93. The number of carbonyl (C=O) groups is 2. The highest BCUT2D eigenvalue weighted by atomic mass is 16.4. The highest BCUT2D eigenvalue weighted by molar-refractivity contribution is 5.87. The fourth-order valence-corrected chi connectivity index (χ4v) is 3.29. The molecule has 0 aliphatic carbocycles. The van der Waals surface area contributed by atoms with Gasteiger partial charge >= 0.3 is 12.0 Å². The van der Waals surface area contributed by atoms with Gasteiger partial charge in [-0.1, -0.05) is 6.92 Å². The van der Waals surface area contributed by atoms with Crippen molar-refractivity contribution in [2.24, 2.45) is 0 Å². The van der Waals surface area contributed by atoms with E-state index in [1.807, 2.05) is 11.8 Å². The van der Waals surface area contributed by atoms with Gasteiger partial charge in [-0.05, 0) is 33.2 Å². The average molecular weight is 283 g/mol. The lowest BCUT2D eigenvalue weighted by Gasteiger charge is -2.42. The minimum Gasteiger partial charge on any atom is -0.479 e. The number of piperazine rings is 1. The van der Waals surface area contributed by atoms with Gasteiger partial charge in [0.05, 0.1) is 0 Å². The fraction of sp³-hybridized carbons (Fsp3) is 0.857. The van der Waals surface area contributed by atoms with Crippen molar-refractivity contribution in [1.29, 1.82) is 0 Å². The van der Waals surface area contributed by atoms with Crippen LogP contribution in [0.1, 0.15) is 33.1 Å². The van der Waals surface area contributed by atoms with Crippen LogP contribution in [0.4, 0.5) is 4.79 Å². The smallest absolute Gasteiger partial charge is 0.329 e. The number of urea groups is 1. The monoisotopic (exact) mass is 283 g/mol. The highest BCUT2D eigenvalue weighted by Crippen LogP contribution is 2.34. The lowest BCUT2D eigenvalue weighted by molar-refractivity contribution is -0.148. The number of amides is 2. The molecule has 1 N–H and O–H groups in total. The van der Waals surface area contributed by atoms with E-state index in [9.17, 15) is 14.7 Å². The summed E-state index contributed by atoms with van der Waals surface area (Å²) in [5.41, 5.74) is -0.996. The minimum absolute atomic E-state index is 0.105. The first-order valence-electron chi connectivity index (χ1n) is 7.42. The molecule has 2 fully saturated rings. The van der Waals surface area contributed by atoms with E-state index in [1.165, 1.54) is 0 Å². The first kappa shape index (κ1) is 15.1. The van der Waals surface area contributed by atoms with Gasteiger partial charge in [-0.15, -0.1) is 0 Å². The molecule has 2 aliphatic heterocycles. The zero-order chi connectivity index (χ0) is 14.9. The topological polar surface area (TPSA) is 64.1 Å². The van der Waals surface area contributed by atoms with E-state index in [0.717, 1.165) is 13.0 Å². The predicted octanol–water partition coefficient (Wildman–Crippen LogP) is 1.07. The van der Waals surface area contributed by atoms with Crippen LogP contribution >= 0.6 is 0 Å². The summed E-state index contributed by atoms with van der Waals surface area (Å²) in [6.07, 6.45) is 1.81. The van der Waals surface area contributed by atoms with Crippen molar-refractivity contribution in [3.63, 3.8) is 0 Å². The summed E-state index contributed by atoms with van der Waals surface area (Å²) in [6, 6.07) is 0.211. The van der Waals surface area contributed by atoms with Crippen LogP contribution in [0.5, 0.6) is 0 Å². The number of carboxylic acids is 1. The summed E-state index contributed by atoms with van der Waals surface area (Å²) in [6.45, 7) is 6.69. The molecule has 2 saturated heterocycles. The van der Waals surface area contributed by atoms with Crippen LogP contribution in [0.15, 0.2) is 0 Å². The standard InChI is InChI=1S/C14H25N3O3/c1-4-14(12(18)19)6-5-7-17(14)13(20)16-9-8-15(3)11(2)10-16/h11H,4-10H2,1-3H3,(H,18,19). The molecule has 6 nitrogen and oxygen atoms in total. The van der Waals surface area contributed by atoms with Gasteiger partial charge in [-0.25, -0.2) is 9.59 Å². The number of aliphatic carboxylic acids is 1. The zero-order valence-corrected chi connectivity index (χ0v) is 12.6. The summed E-state index contributed by atoms with van der Waals surface area (Å²) in [5, 5.41) is 9.55. The molecule has 2 aliphatic rings. The van der Waals surface area contributed by atoms with Crippen molar-refractivity contribution in [2.75, 3.05) is 33.2 Å². The molecule has 2 atom stereocenters. The van der Waals surface area contributed by atoms with Gasteiger partial charge in [-0.2, -0.15) is 0 Å². The summed E-state index contributed by atoms with van der Waals surface area (Å²) >= 11 is 0. The van der Waals surface area contributed by atoms with Crippen LogP contribution in [0, 0.1) is 0 Å². The second kappa shape index (κ2) is 5.60. The third-order valence-electron chi connectivity index (χ3n) is 4.93. The lowest BCUT2D eigenvalue weighted by Crippen LogP contribution is -2.60. The highest BCUT2D eigenvalue weighted by Gasteiger charge is 2.49. The molecule has 2 amide bonds. The van der Waals surface area contributed by atoms with Crippen LogP contribution in [-0.2, 0) is 4.79 Å². The van der Waals surface area contributed by atoms with Gasteiger partial charge in [0.15, 0.2) is 0 Å². The molecule has 2 heterocycles. The Bertz CT molecular complexity index is 401. The van der Waals surface area contributed by atoms with Gasteiger partial charge in [-0.3, -0.25) is 0 Å². The van der Waals surface area contributed by atoms with Crippen molar-refractivity contribution in [3.05, 3.63) is 0 Å². The largest absolute Gasteiger partial charge is 0.479 e. The maximum Gasteiger partial charge on any atom is 0.329 e. The normalized spacial score (nSPS) is 31.6. The van der Waals surface area contributed by atoms with Crippen molar-refractivity contribution in [3.8, 4) is 0 Å². The number of carbonyl (C=O) groups excluding carboxylic acids is 1. The van der Waals surface area contributed by atoms with E-state index in [1.54, 1.807) is 4.90 Å². The van der Waals surface area contributed by atoms with Crippen molar-refractivity contribution < 1.29 is 14.7 Å². The number of likely N-dealkylation sites (N-methyl/N-ethyl adjacent to an activating group) is 1.